The second-order valence-electron chi connectivity index (χ2n) is 7.20. The summed E-state index contributed by atoms with van der Waals surface area (Å²) in [7, 11) is -3.73. The van der Waals surface area contributed by atoms with E-state index < -0.39 is 10.1 Å². The topological polar surface area (TPSA) is 63.6 Å². The number of para-hydroxylation sites is 2. The van der Waals surface area contributed by atoms with Crippen molar-refractivity contribution in [3.63, 3.8) is 0 Å². The Labute approximate surface area is 233 Å². The molecular weight excluding hydrogens is 430 g/mol. The fourth-order valence-electron chi connectivity index (χ4n) is 2.89. The van der Waals surface area contributed by atoms with E-state index in [2.05, 4.69) is 6.92 Å². The molecule has 0 fully saturated rings. The summed E-state index contributed by atoms with van der Waals surface area (Å²) in [6.07, 6.45) is 11.7. The first-order valence-electron chi connectivity index (χ1n) is 10.7. The van der Waals surface area contributed by atoms with Gasteiger partial charge in [-0.15, -0.1) is 0 Å². The van der Waals surface area contributed by atoms with Crippen LogP contribution in [0.15, 0.2) is 60.7 Å². The van der Waals surface area contributed by atoms with E-state index in [0.29, 0.717) is 6.42 Å². The van der Waals surface area contributed by atoms with Gasteiger partial charge < -0.3 is 4.74 Å². The third kappa shape index (κ3) is 21.7. The molecular formula is C24H36Na2O4S+2. The van der Waals surface area contributed by atoms with Crippen LogP contribution in [0.2, 0.25) is 0 Å². The molecule has 0 bridgehead atoms. The Bertz CT molecular complexity index is 688. The Balaban J connectivity index is 0. The molecule has 0 atom stereocenters. The minimum atomic E-state index is -3.73. The van der Waals surface area contributed by atoms with Crippen LogP contribution in [0, 0.1) is 0 Å². The molecule has 31 heavy (non-hydrogen) atoms. The summed E-state index contributed by atoms with van der Waals surface area (Å²) >= 11 is 0. The third-order valence-corrected chi connectivity index (χ3v) is 5.28. The molecule has 0 heterocycles. The predicted octanol–water partition coefficient (Wildman–Crippen LogP) is 1.28. The molecule has 0 amide bonds. The molecule has 0 aromatic heterocycles. The Morgan fingerprint density at radius 3 is 1.35 bits per heavy atom. The van der Waals surface area contributed by atoms with Crippen molar-refractivity contribution in [2.75, 3.05) is 5.75 Å². The van der Waals surface area contributed by atoms with Gasteiger partial charge in [-0.3, -0.25) is 4.55 Å². The number of ether oxygens (including phenoxy) is 1. The summed E-state index contributed by atoms with van der Waals surface area (Å²) in [5.41, 5.74) is 0. The van der Waals surface area contributed by atoms with Crippen LogP contribution < -0.4 is 63.9 Å². The molecule has 1 N–H and O–H groups in total. The molecule has 0 aliphatic carbocycles. The first-order valence-corrected chi connectivity index (χ1v) is 12.4. The average molecular weight is 467 g/mol. The van der Waals surface area contributed by atoms with Crippen molar-refractivity contribution < 1.29 is 76.8 Å². The van der Waals surface area contributed by atoms with Crippen LogP contribution in [0.25, 0.3) is 0 Å². The quantitative estimate of drug-likeness (QED) is 0.275. The molecule has 162 valence electrons. The summed E-state index contributed by atoms with van der Waals surface area (Å²) in [6.45, 7) is 2.22. The Morgan fingerprint density at radius 2 is 1.00 bits per heavy atom. The van der Waals surface area contributed by atoms with Gasteiger partial charge in [-0.05, 0) is 30.7 Å². The second-order valence-corrected chi connectivity index (χ2v) is 8.77. The predicted molar refractivity (Wildman–Crippen MR) is 121 cm³/mol. The van der Waals surface area contributed by atoms with E-state index in [9.17, 15) is 8.42 Å². The van der Waals surface area contributed by atoms with Crippen LogP contribution in [0.1, 0.15) is 71.1 Å². The zero-order valence-electron chi connectivity index (χ0n) is 19.6. The van der Waals surface area contributed by atoms with Gasteiger partial charge in [-0.1, -0.05) is 101 Å². The molecule has 4 nitrogen and oxygen atoms in total. The van der Waals surface area contributed by atoms with Gasteiger partial charge in [0.05, 0.1) is 5.75 Å². The van der Waals surface area contributed by atoms with E-state index in [4.69, 9.17) is 9.29 Å². The summed E-state index contributed by atoms with van der Waals surface area (Å²) in [5, 5.41) is 0. The summed E-state index contributed by atoms with van der Waals surface area (Å²) < 4.78 is 34.9. The number of rotatable bonds is 13. The molecule has 0 unspecified atom stereocenters. The van der Waals surface area contributed by atoms with Crippen LogP contribution in [0.3, 0.4) is 0 Å². The van der Waals surface area contributed by atoms with Gasteiger partial charge in [0.25, 0.3) is 10.1 Å². The Hall–Kier alpha value is 0.150. The molecule has 7 heteroatoms. The van der Waals surface area contributed by atoms with Crippen molar-refractivity contribution >= 4 is 10.1 Å². The monoisotopic (exact) mass is 466 g/mol. The van der Waals surface area contributed by atoms with Gasteiger partial charge in [0, 0.05) is 0 Å². The third-order valence-electron chi connectivity index (χ3n) is 4.48. The summed E-state index contributed by atoms with van der Waals surface area (Å²) in [4.78, 5) is 0. The van der Waals surface area contributed by atoms with Gasteiger partial charge in [0.1, 0.15) is 11.5 Å². The van der Waals surface area contributed by atoms with Crippen LogP contribution >= 0.6 is 0 Å². The number of hydrogen-bond donors (Lipinski definition) is 1. The fraction of sp³-hybridized carbons (Fsp3) is 0.500. The minimum Gasteiger partial charge on any atom is -0.457 e. The molecule has 2 aromatic rings. The van der Waals surface area contributed by atoms with Crippen LogP contribution in [0.4, 0.5) is 0 Å². The van der Waals surface area contributed by atoms with Gasteiger partial charge in [0.15, 0.2) is 0 Å². The van der Waals surface area contributed by atoms with Crippen molar-refractivity contribution in [3.05, 3.63) is 60.7 Å². The Kier molecular flexibility index (Phi) is 23.6. The van der Waals surface area contributed by atoms with E-state index in [1.165, 1.54) is 44.9 Å². The van der Waals surface area contributed by atoms with Gasteiger partial charge >= 0.3 is 59.1 Å². The van der Waals surface area contributed by atoms with E-state index in [-0.39, 0.29) is 64.9 Å². The van der Waals surface area contributed by atoms with Gasteiger partial charge in [0.2, 0.25) is 0 Å². The SMILES string of the molecule is CCCCCCCCCCCCS(=O)(=O)O.[Na+].[Na+].c1ccc(Oc2ccccc2)cc1. The molecule has 0 saturated carbocycles. The first-order chi connectivity index (χ1) is 14.0. The van der Waals surface area contributed by atoms with Crippen molar-refractivity contribution in [2.24, 2.45) is 0 Å². The van der Waals surface area contributed by atoms with Gasteiger partial charge in [-0.2, -0.15) is 8.42 Å². The maximum absolute atomic E-state index is 10.4. The molecule has 2 aromatic carbocycles. The van der Waals surface area contributed by atoms with E-state index in [0.717, 1.165) is 24.3 Å². The minimum absolute atomic E-state index is 0. The van der Waals surface area contributed by atoms with E-state index >= 15 is 0 Å². The van der Waals surface area contributed by atoms with Crippen molar-refractivity contribution in [1.29, 1.82) is 0 Å². The zero-order chi connectivity index (χ0) is 21.2. The number of benzene rings is 2. The van der Waals surface area contributed by atoms with E-state index in [1.807, 2.05) is 60.7 Å². The molecule has 0 saturated heterocycles. The van der Waals surface area contributed by atoms with Crippen LogP contribution in [-0.2, 0) is 10.1 Å². The first kappa shape index (κ1) is 33.3. The molecule has 0 spiro atoms. The van der Waals surface area contributed by atoms with Gasteiger partial charge in [-0.25, -0.2) is 0 Å². The Morgan fingerprint density at radius 1 is 0.645 bits per heavy atom. The van der Waals surface area contributed by atoms with E-state index in [1.54, 1.807) is 0 Å². The maximum Gasteiger partial charge on any atom is 1.00 e. The fourth-order valence-corrected chi connectivity index (χ4v) is 3.45. The smallest absolute Gasteiger partial charge is 0.457 e. The summed E-state index contributed by atoms with van der Waals surface area (Å²) in [5.74, 6) is 1.66. The molecule has 2 rings (SSSR count). The molecule has 0 aliphatic rings. The average Bonchev–Trinajstić information content (AvgIpc) is 2.71. The second kappa shape index (κ2) is 22.0. The number of hydrogen-bond acceptors (Lipinski definition) is 3. The summed E-state index contributed by atoms with van der Waals surface area (Å²) in [6, 6.07) is 19.5. The largest absolute Gasteiger partial charge is 1.00 e. The normalized spacial score (nSPS) is 10.1. The maximum atomic E-state index is 10.4. The molecule has 0 radical (unpaired) electrons. The van der Waals surface area contributed by atoms with Crippen LogP contribution in [-0.4, -0.2) is 18.7 Å². The standard InChI is InChI=1S/C12H26O3S.C12H10O.2Na/c1-2-3-4-5-6-7-8-9-10-11-12-16(13,14)15;1-3-7-11(8-4-1)13-12-9-5-2-6-10-12;;/h2-12H2,1H3,(H,13,14,15);1-10H;;/q;;2*+1. The van der Waals surface area contributed by atoms with Crippen molar-refractivity contribution in [3.8, 4) is 11.5 Å². The zero-order valence-corrected chi connectivity index (χ0v) is 24.4. The van der Waals surface area contributed by atoms with Crippen LogP contribution in [0.5, 0.6) is 11.5 Å². The van der Waals surface area contributed by atoms with Crippen molar-refractivity contribution in [1.82, 2.24) is 0 Å². The van der Waals surface area contributed by atoms with Crippen molar-refractivity contribution in [2.45, 2.75) is 71.1 Å². The molecule has 0 aliphatic heterocycles. The number of unbranched alkanes of at least 4 members (excludes halogenated alkanes) is 9.